The highest BCUT2D eigenvalue weighted by Crippen LogP contribution is 2.32. The van der Waals surface area contributed by atoms with Crippen molar-refractivity contribution in [3.8, 4) is 0 Å². The summed E-state index contributed by atoms with van der Waals surface area (Å²) in [4.78, 5) is 23.6. The number of fused-ring (bicyclic) bond motifs is 1. The summed E-state index contributed by atoms with van der Waals surface area (Å²) >= 11 is 1.21. The first-order chi connectivity index (χ1) is 16.8. The molecule has 182 valence electrons. The van der Waals surface area contributed by atoms with E-state index in [1.807, 2.05) is 13.0 Å². The van der Waals surface area contributed by atoms with E-state index in [0.717, 1.165) is 18.4 Å². The second kappa shape index (κ2) is 10.6. The number of benzene rings is 2. The Balaban J connectivity index is 1.67. The number of nitrogens with zero attached hydrogens (tertiary/aromatic N) is 4. The number of anilines is 1. The predicted octanol–water partition coefficient (Wildman–Crippen LogP) is 5.10. The summed E-state index contributed by atoms with van der Waals surface area (Å²) in [6, 6.07) is 14.1. The van der Waals surface area contributed by atoms with Crippen molar-refractivity contribution in [2.75, 3.05) is 18.5 Å². The quantitative estimate of drug-likeness (QED) is 0.312. The van der Waals surface area contributed by atoms with Gasteiger partial charge in [0, 0.05) is 31.5 Å². The van der Waals surface area contributed by atoms with Crippen molar-refractivity contribution < 1.29 is 17.6 Å². The molecule has 0 bridgehead atoms. The number of aromatic nitrogens is 2. The van der Waals surface area contributed by atoms with Crippen LogP contribution in [-0.4, -0.2) is 42.2 Å². The van der Waals surface area contributed by atoms with Crippen LogP contribution in [0.15, 0.2) is 71.9 Å². The first kappa shape index (κ1) is 24.9. The highest BCUT2D eigenvalue weighted by atomic mass is 32.2. The summed E-state index contributed by atoms with van der Waals surface area (Å²) in [5, 5.41) is 0.343. The molecule has 1 amide bonds. The van der Waals surface area contributed by atoms with Crippen molar-refractivity contribution in [2.24, 2.45) is 0 Å². The number of hydrogen-bond donors (Lipinski definition) is 0. The molecule has 0 aliphatic carbocycles. The maximum Gasteiger partial charge on any atom is 0.260 e. The fraction of sp³-hybridized carbons (Fsp3) is 0.240. The van der Waals surface area contributed by atoms with Gasteiger partial charge in [-0.3, -0.25) is 14.7 Å². The Morgan fingerprint density at radius 3 is 2.51 bits per heavy atom. The molecule has 4 aromatic rings. The summed E-state index contributed by atoms with van der Waals surface area (Å²) < 4.78 is 41.9. The van der Waals surface area contributed by atoms with Gasteiger partial charge < -0.3 is 0 Å². The van der Waals surface area contributed by atoms with Crippen LogP contribution in [0.4, 0.5) is 9.52 Å². The van der Waals surface area contributed by atoms with Crippen molar-refractivity contribution in [3.63, 3.8) is 0 Å². The van der Waals surface area contributed by atoms with E-state index >= 15 is 0 Å². The van der Waals surface area contributed by atoms with Gasteiger partial charge in [0.15, 0.2) is 5.13 Å². The zero-order valence-corrected chi connectivity index (χ0v) is 21.0. The smallest absolute Gasteiger partial charge is 0.260 e. The zero-order valence-electron chi connectivity index (χ0n) is 19.4. The molecule has 0 saturated carbocycles. The van der Waals surface area contributed by atoms with Crippen molar-refractivity contribution >= 4 is 42.6 Å². The summed E-state index contributed by atoms with van der Waals surface area (Å²) in [7, 11) is -2.10. The molecule has 0 unspecified atom stereocenters. The number of pyridine rings is 1. The monoisotopic (exact) mass is 512 g/mol. The Morgan fingerprint density at radius 2 is 1.86 bits per heavy atom. The number of unbranched alkanes of at least 4 members (excludes halogenated alkanes) is 1. The van der Waals surface area contributed by atoms with Crippen molar-refractivity contribution in [1.82, 2.24) is 14.3 Å². The molecule has 2 heterocycles. The second-order valence-corrected chi connectivity index (χ2v) is 11.1. The average molecular weight is 513 g/mol. The van der Waals surface area contributed by atoms with Gasteiger partial charge in [-0.2, -0.15) is 0 Å². The fourth-order valence-electron chi connectivity index (χ4n) is 3.53. The number of halogens is 1. The van der Waals surface area contributed by atoms with Gasteiger partial charge in [0.25, 0.3) is 5.91 Å². The molecule has 0 saturated heterocycles. The average Bonchev–Trinajstić information content (AvgIpc) is 3.31. The normalized spacial score (nSPS) is 11.8. The van der Waals surface area contributed by atoms with Crippen LogP contribution >= 0.6 is 11.3 Å². The molecule has 2 aromatic carbocycles. The Labute approximate surface area is 207 Å². The minimum atomic E-state index is -3.65. The van der Waals surface area contributed by atoms with E-state index in [0.29, 0.717) is 21.9 Å². The summed E-state index contributed by atoms with van der Waals surface area (Å²) in [6.07, 6.45) is 4.93. The highest BCUT2D eigenvalue weighted by molar-refractivity contribution is 7.89. The number of rotatable bonds is 9. The zero-order chi connectivity index (χ0) is 25.0. The Bertz CT molecular complexity index is 1420. The van der Waals surface area contributed by atoms with Gasteiger partial charge in [0.2, 0.25) is 10.0 Å². The predicted molar refractivity (Wildman–Crippen MR) is 135 cm³/mol. The molecule has 10 heteroatoms. The van der Waals surface area contributed by atoms with Gasteiger partial charge in [0.1, 0.15) is 11.3 Å². The number of carbonyl (C=O) groups is 1. The molecule has 4 rings (SSSR count). The molecular weight excluding hydrogens is 487 g/mol. The van der Waals surface area contributed by atoms with Gasteiger partial charge in [-0.05, 0) is 54.4 Å². The molecule has 0 spiro atoms. The third-order valence-corrected chi connectivity index (χ3v) is 8.45. The van der Waals surface area contributed by atoms with Crippen LogP contribution in [-0.2, 0) is 16.6 Å². The lowest BCUT2D eigenvalue weighted by molar-refractivity contribution is 0.0985. The van der Waals surface area contributed by atoms with Crippen LogP contribution in [0, 0.1) is 5.82 Å². The number of hydrogen-bond acceptors (Lipinski definition) is 6. The molecule has 0 radical (unpaired) electrons. The van der Waals surface area contributed by atoms with Gasteiger partial charge >= 0.3 is 0 Å². The molecule has 0 N–H and O–H groups in total. The standard InChI is InChI=1S/C25H25FN4O3S2/c1-3-4-15-29(2)35(32,33)20-12-10-19(11-13-20)24(31)30(17-18-7-6-14-27-16-18)25-28-23-21(26)8-5-9-22(23)34-25/h5-14,16H,3-4,15,17H2,1-2H3. The molecule has 7 nitrogen and oxygen atoms in total. The molecule has 0 aliphatic rings. The Morgan fingerprint density at radius 1 is 1.09 bits per heavy atom. The van der Waals surface area contributed by atoms with Crippen LogP contribution < -0.4 is 4.90 Å². The van der Waals surface area contributed by atoms with E-state index in [1.165, 1.54) is 50.9 Å². The van der Waals surface area contributed by atoms with Gasteiger partial charge in [-0.25, -0.2) is 22.1 Å². The molecular formula is C25H25FN4O3S2. The SMILES string of the molecule is CCCCN(C)S(=O)(=O)c1ccc(C(=O)N(Cc2cccnc2)c2nc3c(F)cccc3s2)cc1. The maximum absolute atomic E-state index is 14.3. The summed E-state index contributed by atoms with van der Waals surface area (Å²) in [5.74, 6) is -0.836. The number of amides is 1. The van der Waals surface area contributed by atoms with E-state index in [1.54, 1.807) is 37.6 Å². The van der Waals surface area contributed by atoms with Crippen molar-refractivity contribution in [1.29, 1.82) is 0 Å². The minimum absolute atomic E-state index is 0.119. The summed E-state index contributed by atoms with van der Waals surface area (Å²) in [5.41, 5.74) is 1.27. The topological polar surface area (TPSA) is 83.5 Å². The lowest BCUT2D eigenvalue weighted by Gasteiger charge is -2.20. The number of thiazole rings is 1. The third-order valence-electron chi connectivity index (χ3n) is 5.53. The van der Waals surface area contributed by atoms with Crippen LogP contribution in [0.2, 0.25) is 0 Å². The number of sulfonamides is 1. The van der Waals surface area contributed by atoms with Crippen molar-refractivity contribution in [3.05, 3.63) is 83.9 Å². The third kappa shape index (κ3) is 5.39. The van der Waals surface area contributed by atoms with E-state index in [2.05, 4.69) is 9.97 Å². The summed E-state index contributed by atoms with van der Waals surface area (Å²) in [6.45, 7) is 2.60. The van der Waals surface area contributed by atoms with Gasteiger partial charge in [-0.15, -0.1) is 0 Å². The molecule has 0 aliphatic heterocycles. The molecule has 35 heavy (non-hydrogen) atoms. The van der Waals surface area contributed by atoms with Crippen LogP contribution in [0.1, 0.15) is 35.7 Å². The van der Waals surface area contributed by atoms with Gasteiger partial charge in [0.05, 0.1) is 16.1 Å². The molecule has 2 aromatic heterocycles. The lowest BCUT2D eigenvalue weighted by Crippen LogP contribution is -2.31. The highest BCUT2D eigenvalue weighted by Gasteiger charge is 2.25. The lowest BCUT2D eigenvalue weighted by atomic mass is 10.2. The van der Waals surface area contributed by atoms with Crippen LogP contribution in [0.3, 0.4) is 0 Å². The Kier molecular flexibility index (Phi) is 7.54. The second-order valence-electron chi connectivity index (χ2n) is 8.04. The van der Waals surface area contributed by atoms with E-state index in [9.17, 15) is 17.6 Å². The van der Waals surface area contributed by atoms with Crippen molar-refractivity contribution in [2.45, 2.75) is 31.2 Å². The van der Waals surface area contributed by atoms with Crippen LogP contribution in [0.25, 0.3) is 10.2 Å². The first-order valence-corrected chi connectivity index (χ1v) is 13.4. The first-order valence-electron chi connectivity index (χ1n) is 11.1. The van der Waals surface area contributed by atoms with E-state index in [-0.39, 0.29) is 22.9 Å². The van der Waals surface area contributed by atoms with Gasteiger partial charge in [-0.1, -0.05) is 36.8 Å². The van der Waals surface area contributed by atoms with E-state index < -0.39 is 15.8 Å². The minimum Gasteiger partial charge on any atom is -0.279 e. The van der Waals surface area contributed by atoms with E-state index in [4.69, 9.17) is 0 Å². The molecule has 0 fully saturated rings. The molecule has 0 atom stereocenters. The number of para-hydroxylation sites is 1. The van der Waals surface area contributed by atoms with Crippen LogP contribution in [0.5, 0.6) is 0 Å². The maximum atomic E-state index is 14.3. The Hall–Kier alpha value is -3.21. The largest absolute Gasteiger partial charge is 0.279 e. The fourth-order valence-corrected chi connectivity index (χ4v) is 5.71. The number of carbonyl (C=O) groups excluding carboxylic acids is 1.